The van der Waals surface area contributed by atoms with Crippen LogP contribution >= 0.6 is 0 Å². The van der Waals surface area contributed by atoms with E-state index >= 15 is 0 Å². The summed E-state index contributed by atoms with van der Waals surface area (Å²) in [6.07, 6.45) is 1.53. The summed E-state index contributed by atoms with van der Waals surface area (Å²) in [6.45, 7) is 1.61. The third-order valence-electron chi connectivity index (χ3n) is 4.11. The highest BCUT2D eigenvalue weighted by atomic mass is 16.2. The summed E-state index contributed by atoms with van der Waals surface area (Å²) in [7, 11) is 0. The molecule has 0 aliphatic rings. The van der Waals surface area contributed by atoms with E-state index in [0.717, 1.165) is 16.6 Å². The molecule has 0 fully saturated rings. The van der Waals surface area contributed by atoms with Crippen molar-refractivity contribution in [2.45, 2.75) is 13.0 Å². The molecule has 2 heterocycles. The zero-order chi connectivity index (χ0) is 18.1. The Morgan fingerprint density at radius 3 is 2.77 bits per heavy atom. The maximum atomic E-state index is 12.5. The zero-order valence-corrected chi connectivity index (χ0v) is 13.9. The molecule has 130 valence electrons. The lowest BCUT2D eigenvalue weighted by Crippen LogP contribution is -2.43. The highest BCUT2D eigenvalue weighted by Gasteiger charge is 2.20. The lowest BCUT2D eigenvalue weighted by atomic mass is 10.2. The molecule has 0 bridgehead atoms. The SMILES string of the molecule is C[C@@H](NC(=O)c1n[nH]c2ccccc12)C(=O)Nn1cnc2ccccc21. The van der Waals surface area contributed by atoms with Gasteiger partial charge < -0.3 is 5.32 Å². The Morgan fingerprint density at radius 2 is 1.88 bits per heavy atom. The number of hydrogen-bond donors (Lipinski definition) is 3. The largest absolute Gasteiger partial charge is 0.339 e. The molecule has 26 heavy (non-hydrogen) atoms. The fourth-order valence-corrected chi connectivity index (χ4v) is 2.73. The molecule has 4 rings (SSSR count). The Kier molecular flexibility index (Phi) is 3.85. The Labute approximate surface area is 148 Å². The number of carbonyl (C=O) groups excluding carboxylic acids is 2. The van der Waals surface area contributed by atoms with E-state index in [9.17, 15) is 9.59 Å². The van der Waals surface area contributed by atoms with Crippen LogP contribution in [0.15, 0.2) is 54.9 Å². The standard InChI is InChI=1S/C18H16N6O2/c1-11(17(25)23-24-10-19-14-8-4-5-9-15(14)24)20-18(26)16-12-6-2-3-7-13(12)21-22-16/h2-11H,1H3,(H,20,26)(H,21,22)(H,23,25)/t11-/m1/s1. The fourth-order valence-electron chi connectivity index (χ4n) is 2.73. The number of H-pyrrole nitrogens is 1. The molecule has 0 saturated carbocycles. The molecule has 0 aliphatic heterocycles. The van der Waals surface area contributed by atoms with Crippen LogP contribution in [0.5, 0.6) is 0 Å². The van der Waals surface area contributed by atoms with Crippen LogP contribution in [0.3, 0.4) is 0 Å². The van der Waals surface area contributed by atoms with Crippen LogP contribution in [0.25, 0.3) is 21.9 Å². The molecule has 0 unspecified atom stereocenters. The van der Waals surface area contributed by atoms with Crippen molar-refractivity contribution in [1.29, 1.82) is 0 Å². The van der Waals surface area contributed by atoms with Crippen molar-refractivity contribution in [2.75, 3.05) is 5.43 Å². The van der Waals surface area contributed by atoms with Gasteiger partial charge in [-0.3, -0.25) is 20.1 Å². The van der Waals surface area contributed by atoms with E-state index in [-0.39, 0.29) is 11.6 Å². The first-order valence-electron chi connectivity index (χ1n) is 8.10. The third kappa shape index (κ3) is 2.77. The number of imidazole rings is 1. The van der Waals surface area contributed by atoms with E-state index in [4.69, 9.17) is 0 Å². The monoisotopic (exact) mass is 348 g/mol. The van der Waals surface area contributed by atoms with E-state index < -0.39 is 11.9 Å². The van der Waals surface area contributed by atoms with Crippen molar-refractivity contribution in [3.8, 4) is 0 Å². The van der Waals surface area contributed by atoms with Gasteiger partial charge in [0.1, 0.15) is 12.4 Å². The van der Waals surface area contributed by atoms with Crippen LogP contribution in [-0.4, -0.2) is 37.7 Å². The fraction of sp³-hybridized carbons (Fsp3) is 0.111. The first-order valence-corrected chi connectivity index (χ1v) is 8.10. The van der Waals surface area contributed by atoms with Crippen LogP contribution in [0.1, 0.15) is 17.4 Å². The minimum Gasteiger partial charge on any atom is -0.339 e. The molecule has 0 radical (unpaired) electrons. The quantitative estimate of drug-likeness (QED) is 0.523. The molecule has 3 N–H and O–H groups in total. The second kappa shape index (κ2) is 6.32. The molecule has 2 aromatic carbocycles. The molecule has 0 spiro atoms. The van der Waals surface area contributed by atoms with Gasteiger partial charge >= 0.3 is 0 Å². The number of rotatable bonds is 4. The summed E-state index contributed by atoms with van der Waals surface area (Å²) in [5.74, 6) is -0.776. The number of para-hydroxylation sites is 3. The van der Waals surface area contributed by atoms with Crippen molar-refractivity contribution >= 4 is 33.8 Å². The van der Waals surface area contributed by atoms with Crippen molar-refractivity contribution in [1.82, 2.24) is 25.2 Å². The van der Waals surface area contributed by atoms with Gasteiger partial charge in [0.05, 0.1) is 16.6 Å². The molecule has 0 saturated heterocycles. The molecular formula is C18H16N6O2. The van der Waals surface area contributed by atoms with E-state index in [1.165, 1.54) is 11.0 Å². The first kappa shape index (κ1) is 15.8. The Hall–Kier alpha value is -3.68. The second-order valence-corrected chi connectivity index (χ2v) is 5.89. The van der Waals surface area contributed by atoms with Crippen LogP contribution < -0.4 is 10.7 Å². The molecule has 0 aliphatic carbocycles. The number of nitrogens with one attached hydrogen (secondary N) is 3. The summed E-state index contributed by atoms with van der Waals surface area (Å²) < 4.78 is 1.53. The molecule has 4 aromatic rings. The van der Waals surface area contributed by atoms with Crippen LogP contribution in [-0.2, 0) is 4.79 Å². The number of benzene rings is 2. The maximum Gasteiger partial charge on any atom is 0.273 e. The molecule has 1 atom stereocenters. The number of aromatic nitrogens is 4. The minimum atomic E-state index is -0.751. The topological polar surface area (TPSA) is 105 Å². The molecular weight excluding hydrogens is 332 g/mol. The van der Waals surface area contributed by atoms with Crippen molar-refractivity contribution in [3.05, 3.63) is 60.6 Å². The summed E-state index contributed by atoms with van der Waals surface area (Å²) in [4.78, 5) is 29.1. The Bertz CT molecular complexity index is 1110. The number of nitrogens with zero attached hydrogens (tertiary/aromatic N) is 3. The van der Waals surface area contributed by atoms with Crippen LogP contribution in [0, 0.1) is 0 Å². The molecule has 8 nitrogen and oxygen atoms in total. The van der Waals surface area contributed by atoms with Crippen molar-refractivity contribution in [3.63, 3.8) is 0 Å². The van der Waals surface area contributed by atoms with Gasteiger partial charge in [0.2, 0.25) is 0 Å². The van der Waals surface area contributed by atoms with E-state index in [1.807, 2.05) is 42.5 Å². The number of amides is 2. The predicted octanol–water partition coefficient (Wildman–Crippen LogP) is 1.80. The molecule has 2 amide bonds. The van der Waals surface area contributed by atoms with Gasteiger partial charge in [0, 0.05) is 5.39 Å². The van der Waals surface area contributed by atoms with Crippen molar-refractivity contribution < 1.29 is 9.59 Å². The van der Waals surface area contributed by atoms with Gasteiger partial charge in [-0.1, -0.05) is 30.3 Å². The Balaban J connectivity index is 1.48. The van der Waals surface area contributed by atoms with Gasteiger partial charge in [-0.15, -0.1) is 0 Å². The summed E-state index contributed by atoms with van der Waals surface area (Å²) in [5.41, 5.74) is 5.29. The summed E-state index contributed by atoms with van der Waals surface area (Å²) in [5, 5.41) is 10.2. The van der Waals surface area contributed by atoms with Gasteiger partial charge in [-0.05, 0) is 25.1 Å². The molecule has 2 aromatic heterocycles. The highest BCUT2D eigenvalue weighted by Crippen LogP contribution is 2.15. The van der Waals surface area contributed by atoms with Gasteiger partial charge in [0.25, 0.3) is 11.8 Å². The number of carbonyl (C=O) groups is 2. The average Bonchev–Trinajstić information content (AvgIpc) is 3.26. The lowest BCUT2D eigenvalue weighted by Gasteiger charge is -2.14. The van der Waals surface area contributed by atoms with Gasteiger partial charge in [-0.2, -0.15) is 5.10 Å². The minimum absolute atomic E-state index is 0.258. The maximum absolute atomic E-state index is 12.5. The van der Waals surface area contributed by atoms with Crippen molar-refractivity contribution in [2.24, 2.45) is 0 Å². The van der Waals surface area contributed by atoms with Gasteiger partial charge in [-0.25, -0.2) is 9.66 Å². The normalized spacial score (nSPS) is 12.2. The predicted molar refractivity (Wildman–Crippen MR) is 97.1 cm³/mol. The van der Waals surface area contributed by atoms with Crippen LogP contribution in [0.2, 0.25) is 0 Å². The van der Waals surface area contributed by atoms with Gasteiger partial charge in [0.15, 0.2) is 5.69 Å². The second-order valence-electron chi connectivity index (χ2n) is 5.89. The molecule has 8 heteroatoms. The first-order chi connectivity index (χ1) is 12.6. The Morgan fingerprint density at radius 1 is 1.12 bits per heavy atom. The van der Waals surface area contributed by atoms with E-state index in [0.29, 0.717) is 5.39 Å². The number of aromatic amines is 1. The number of fused-ring (bicyclic) bond motifs is 2. The lowest BCUT2D eigenvalue weighted by molar-refractivity contribution is -0.118. The third-order valence-corrected chi connectivity index (χ3v) is 4.11. The summed E-state index contributed by atoms with van der Waals surface area (Å²) in [6, 6.07) is 14.0. The zero-order valence-electron chi connectivity index (χ0n) is 13.9. The number of hydrogen-bond acceptors (Lipinski definition) is 4. The summed E-state index contributed by atoms with van der Waals surface area (Å²) >= 11 is 0. The van der Waals surface area contributed by atoms with E-state index in [2.05, 4.69) is 25.9 Å². The average molecular weight is 348 g/mol. The smallest absolute Gasteiger partial charge is 0.273 e. The van der Waals surface area contributed by atoms with Crippen LogP contribution in [0.4, 0.5) is 0 Å². The van der Waals surface area contributed by atoms with E-state index in [1.54, 1.807) is 13.0 Å². The highest BCUT2D eigenvalue weighted by molar-refractivity contribution is 6.06.